The molecule has 2 N–H and O–H groups in total. The molecule has 2 rings (SSSR count). The molecule has 2 aromatic rings. The molecule has 1 aromatic heterocycles. The molecular weight excluding hydrogens is 242 g/mol. The third kappa shape index (κ3) is 2.71. The molecule has 96 valence electrons. The minimum Gasteiger partial charge on any atom is -0.378 e. The van der Waals surface area contributed by atoms with E-state index in [0.29, 0.717) is 6.54 Å². The van der Waals surface area contributed by atoms with Crippen LogP contribution < -0.4 is 10.6 Å². The summed E-state index contributed by atoms with van der Waals surface area (Å²) < 4.78 is 0. The average molecular weight is 261 g/mol. The molecule has 0 bridgehead atoms. The van der Waals surface area contributed by atoms with Gasteiger partial charge in [-0.3, -0.25) is 0 Å². The SMILES string of the molecule is Cc1nc(CCN)c(-c2ccc(N(C)C)cc2)s1. The highest BCUT2D eigenvalue weighted by Gasteiger charge is 2.10. The standard InChI is InChI=1S/C14H19N3S/c1-10-16-13(8-9-15)14(18-10)11-4-6-12(7-5-11)17(2)3/h4-7H,8-9,15H2,1-3H3. The lowest BCUT2D eigenvalue weighted by atomic mass is 10.1. The van der Waals surface area contributed by atoms with Crippen molar-refractivity contribution < 1.29 is 0 Å². The second-order valence-electron chi connectivity index (χ2n) is 4.49. The van der Waals surface area contributed by atoms with E-state index >= 15 is 0 Å². The van der Waals surface area contributed by atoms with Gasteiger partial charge in [-0.15, -0.1) is 11.3 Å². The molecular formula is C14H19N3S. The predicted molar refractivity (Wildman–Crippen MR) is 79.4 cm³/mol. The van der Waals surface area contributed by atoms with Gasteiger partial charge in [0.1, 0.15) is 0 Å². The molecule has 0 spiro atoms. The normalized spacial score (nSPS) is 10.7. The zero-order valence-electron chi connectivity index (χ0n) is 11.1. The Morgan fingerprint density at radius 2 is 1.89 bits per heavy atom. The predicted octanol–water partition coefficient (Wildman–Crippen LogP) is 2.69. The number of aromatic nitrogens is 1. The summed E-state index contributed by atoms with van der Waals surface area (Å²) in [5.74, 6) is 0. The van der Waals surface area contributed by atoms with Crippen LogP contribution in [0.3, 0.4) is 0 Å². The summed E-state index contributed by atoms with van der Waals surface area (Å²) in [5, 5.41) is 1.10. The molecule has 4 heteroatoms. The van der Waals surface area contributed by atoms with Gasteiger partial charge in [0.15, 0.2) is 0 Å². The monoisotopic (exact) mass is 261 g/mol. The molecule has 0 aliphatic rings. The molecule has 1 aromatic carbocycles. The number of nitrogens with zero attached hydrogens (tertiary/aromatic N) is 2. The summed E-state index contributed by atoms with van der Waals surface area (Å²) in [7, 11) is 4.09. The number of anilines is 1. The first-order chi connectivity index (χ1) is 8.61. The summed E-state index contributed by atoms with van der Waals surface area (Å²) in [6.45, 7) is 2.69. The maximum atomic E-state index is 5.64. The Balaban J connectivity index is 2.35. The minimum atomic E-state index is 0.645. The number of benzene rings is 1. The third-order valence-electron chi connectivity index (χ3n) is 2.83. The van der Waals surface area contributed by atoms with Crippen LogP contribution in [0.15, 0.2) is 24.3 Å². The molecule has 0 radical (unpaired) electrons. The Morgan fingerprint density at radius 3 is 2.44 bits per heavy atom. The third-order valence-corrected chi connectivity index (χ3v) is 3.89. The van der Waals surface area contributed by atoms with Crippen molar-refractivity contribution in [2.45, 2.75) is 13.3 Å². The molecule has 0 amide bonds. The van der Waals surface area contributed by atoms with E-state index in [2.05, 4.69) is 34.1 Å². The Bertz CT molecular complexity index is 514. The van der Waals surface area contributed by atoms with Crippen LogP contribution in [0, 0.1) is 6.92 Å². The first-order valence-corrected chi connectivity index (χ1v) is 6.87. The van der Waals surface area contributed by atoms with Crippen molar-refractivity contribution in [1.29, 1.82) is 0 Å². The fourth-order valence-electron chi connectivity index (χ4n) is 1.91. The lowest BCUT2D eigenvalue weighted by Crippen LogP contribution is -2.08. The van der Waals surface area contributed by atoms with E-state index in [0.717, 1.165) is 17.1 Å². The molecule has 0 atom stereocenters. The van der Waals surface area contributed by atoms with E-state index in [4.69, 9.17) is 5.73 Å². The first kappa shape index (κ1) is 13.1. The summed E-state index contributed by atoms with van der Waals surface area (Å²) in [4.78, 5) is 7.92. The Morgan fingerprint density at radius 1 is 1.22 bits per heavy atom. The van der Waals surface area contributed by atoms with Crippen molar-refractivity contribution in [3.63, 3.8) is 0 Å². The highest BCUT2D eigenvalue weighted by molar-refractivity contribution is 7.15. The first-order valence-electron chi connectivity index (χ1n) is 6.06. The quantitative estimate of drug-likeness (QED) is 0.920. The minimum absolute atomic E-state index is 0.645. The van der Waals surface area contributed by atoms with Gasteiger partial charge in [-0.1, -0.05) is 12.1 Å². The smallest absolute Gasteiger partial charge is 0.0903 e. The van der Waals surface area contributed by atoms with Crippen molar-refractivity contribution in [2.24, 2.45) is 5.73 Å². The van der Waals surface area contributed by atoms with E-state index < -0.39 is 0 Å². The van der Waals surface area contributed by atoms with Crippen LogP contribution in [0.2, 0.25) is 0 Å². The van der Waals surface area contributed by atoms with Gasteiger partial charge < -0.3 is 10.6 Å². The van der Waals surface area contributed by atoms with Crippen LogP contribution in [-0.4, -0.2) is 25.6 Å². The van der Waals surface area contributed by atoms with Gasteiger partial charge >= 0.3 is 0 Å². The summed E-state index contributed by atoms with van der Waals surface area (Å²) >= 11 is 1.74. The van der Waals surface area contributed by atoms with E-state index in [1.165, 1.54) is 16.1 Å². The molecule has 0 saturated carbocycles. The summed E-state index contributed by atoms with van der Waals surface area (Å²) in [5.41, 5.74) is 9.20. The fourth-order valence-corrected chi connectivity index (χ4v) is 2.88. The molecule has 0 fully saturated rings. The van der Waals surface area contributed by atoms with Crippen LogP contribution in [0.25, 0.3) is 10.4 Å². The largest absolute Gasteiger partial charge is 0.378 e. The second-order valence-corrected chi connectivity index (χ2v) is 5.69. The fraction of sp³-hybridized carbons (Fsp3) is 0.357. The van der Waals surface area contributed by atoms with Gasteiger partial charge in [-0.2, -0.15) is 0 Å². The van der Waals surface area contributed by atoms with Gasteiger partial charge in [-0.05, 0) is 31.2 Å². The van der Waals surface area contributed by atoms with Crippen LogP contribution in [-0.2, 0) is 6.42 Å². The van der Waals surface area contributed by atoms with Crippen LogP contribution in [0.4, 0.5) is 5.69 Å². The zero-order valence-corrected chi connectivity index (χ0v) is 11.9. The molecule has 0 aliphatic heterocycles. The topological polar surface area (TPSA) is 42.1 Å². The molecule has 0 saturated heterocycles. The molecule has 0 unspecified atom stereocenters. The lowest BCUT2D eigenvalue weighted by Gasteiger charge is -2.12. The van der Waals surface area contributed by atoms with E-state index in [1.54, 1.807) is 11.3 Å². The van der Waals surface area contributed by atoms with E-state index in [-0.39, 0.29) is 0 Å². The molecule has 0 aliphatic carbocycles. The molecule has 3 nitrogen and oxygen atoms in total. The van der Waals surface area contributed by atoms with Crippen LogP contribution in [0.1, 0.15) is 10.7 Å². The van der Waals surface area contributed by atoms with E-state index in [9.17, 15) is 0 Å². The average Bonchev–Trinajstić information content (AvgIpc) is 2.71. The highest BCUT2D eigenvalue weighted by atomic mass is 32.1. The van der Waals surface area contributed by atoms with Crippen molar-refractivity contribution in [3.8, 4) is 10.4 Å². The maximum absolute atomic E-state index is 5.64. The van der Waals surface area contributed by atoms with Gasteiger partial charge in [-0.25, -0.2) is 4.98 Å². The zero-order chi connectivity index (χ0) is 13.1. The number of rotatable bonds is 4. The van der Waals surface area contributed by atoms with Crippen LogP contribution >= 0.6 is 11.3 Å². The van der Waals surface area contributed by atoms with Crippen molar-refractivity contribution in [1.82, 2.24) is 4.98 Å². The molecule has 18 heavy (non-hydrogen) atoms. The Labute approximate surface area is 112 Å². The summed E-state index contributed by atoms with van der Waals surface area (Å²) in [6.07, 6.45) is 0.842. The summed E-state index contributed by atoms with van der Waals surface area (Å²) in [6, 6.07) is 8.58. The van der Waals surface area contributed by atoms with Crippen LogP contribution in [0.5, 0.6) is 0 Å². The second kappa shape index (κ2) is 5.50. The number of nitrogens with two attached hydrogens (primary N) is 1. The number of hydrogen-bond acceptors (Lipinski definition) is 4. The maximum Gasteiger partial charge on any atom is 0.0903 e. The van der Waals surface area contributed by atoms with Gasteiger partial charge in [0.05, 0.1) is 15.6 Å². The Kier molecular flexibility index (Phi) is 3.99. The highest BCUT2D eigenvalue weighted by Crippen LogP contribution is 2.31. The lowest BCUT2D eigenvalue weighted by molar-refractivity contribution is 0.931. The molecule has 1 heterocycles. The number of thiazole rings is 1. The Hall–Kier alpha value is -1.39. The van der Waals surface area contributed by atoms with Crippen molar-refractivity contribution in [3.05, 3.63) is 35.0 Å². The van der Waals surface area contributed by atoms with Gasteiger partial charge in [0.25, 0.3) is 0 Å². The number of aryl methyl sites for hydroxylation is 1. The van der Waals surface area contributed by atoms with Crippen molar-refractivity contribution >= 4 is 17.0 Å². The van der Waals surface area contributed by atoms with Crippen molar-refractivity contribution in [2.75, 3.05) is 25.5 Å². The number of hydrogen-bond donors (Lipinski definition) is 1. The van der Waals surface area contributed by atoms with Gasteiger partial charge in [0, 0.05) is 26.2 Å². The van der Waals surface area contributed by atoms with E-state index in [1.807, 2.05) is 21.0 Å². The van der Waals surface area contributed by atoms with Gasteiger partial charge in [0.2, 0.25) is 0 Å².